The number of nitrogens with zero attached hydrogens (tertiary/aromatic N) is 4. The highest BCUT2D eigenvalue weighted by molar-refractivity contribution is 8.28. The van der Waals surface area contributed by atoms with Gasteiger partial charge in [0.25, 0.3) is 0 Å². The number of imidazole rings is 1. The largest absolute Gasteiger partial charge is 0.510 e. The number of nitrogen functional groups attached to an aromatic ring is 1. The third-order valence-corrected chi connectivity index (χ3v) is 10.4. The maximum atomic E-state index is 13.5. The first-order valence-corrected chi connectivity index (χ1v) is 19.4. The number of unbranched alkanes of at least 4 members (excludes halogenated alkanes) is 9. The first-order chi connectivity index (χ1) is 20.6. The van der Waals surface area contributed by atoms with Crippen molar-refractivity contribution in [3.05, 3.63) is 12.7 Å². The van der Waals surface area contributed by atoms with Crippen LogP contribution in [0.4, 0.5) is 10.6 Å². The van der Waals surface area contributed by atoms with Crippen LogP contribution in [0, 0.1) is 0 Å². The van der Waals surface area contributed by atoms with Gasteiger partial charge in [-0.1, -0.05) is 75.9 Å². The van der Waals surface area contributed by atoms with Crippen LogP contribution in [0.25, 0.3) is 11.2 Å². The second kappa shape index (κ2) is 21.1. The molecule has 2 aromatic heterocycles. The molecule has 0 saturated carbocycles. The maximum Gasteiger partial charge on any atom is 0.510 e. The molecule has 0 aromatic carbocycles. The van der Waals surface area contributed by atoms with E-state index in [0.717, 1.165) is 12.2 Å². The minimum atomic E-state index is -3.79. The fourth-order valence-electron chi connectivity index (χ4n) is 4.20. The number of rotatable bonds is 24. The lowest BCUT2D eigenvalue weighted by molar-refractivity contribution is -0.0177. The van der Waals surface area contributed by atoms with Gasteiger partial charge in [0.1, 0.15) is 18.2 Å². The third kappa shape index (κ3) is 15.7. The molecule has 12 nitrogen and oxygen atoms in total. The van der Waals surface area contributed by atoms with E-state index >= 15 is 0 Å². The zero-order valence-electron chi connectivity index (χ0n) is 26.1. The van der Waals surface area contributed by atoms with E-state index < -0.39 is 26.6 Å². The minimum Gasteiger partial charge on any atom is -0.432 e. The van der Waals surface area contributed by atoms with Gasteiger partial charge in [-0.3, -0.25) is 9.09 Å². The molecule has 1 unspecified atom stereocenters. The van der Waals surface area contributed by atoms with Crippen molar-refractivity contribution in [2.45, 2.75) is 111 Å². The van der Waals surface area contributed by atoms with E-state index in [1.54, 1.807) is 24.7 Å². The molecule has 2 heterocycles. The summed E-state index contributed by atoms with van der Waals surface area (Å²) in [6.45, 7) is 7.35. The number of carbonyl (C=O) groups is 1. The van der Waals surface area contributed by atoms with E-state index in [-0.39, 0.29) is 34.3 Å². The molecule has 43 heavy (non-hydrogen) atoms. The molecule has 0 saturated heterocycles. The quantitative estimate of drug-likeness (QED) is 0.0564. The van der Waals surface area contributed by atoms with Crippen LogP contribution in [-0.2, 0) is 55.0 Å². The molecular formula is C28H50N5O7PS2. The summed E-state index contributed by atoms with van der Waals surface area (Å²) in [7, 11) is -4.07. The molecule has 0 amide bonds. The number of hydrogen-bond donors (Lipinski definition) is 1. The monoisotopic (exact) mass is 663 g/mol. The van der Waals surface area contributed by atoms with Crippen LogP contribution in [0.1, 0.15) is 91.9 Å². The van der Waals surface area contributed by atoms with E-state index in [9.17, 15) is 9.36 Å². The van der Waals surface area contributed by atoms with Crippen LogP contribution in [0.3, 0.4) is 0 Å². The van der Waals surface area contributed by atoms with Gasteiger partial charge >= 0.3 is 13.8 Å². The van der Waals surface area contributed by atoms with Gasteiger partial charge in [-0.2, -0.15) is 0 Å². The van der Waals surface area contributed by atoms with E-state index in [0.29, 0.717) is 23.5 Å². The average Bonchev–Trinajstić information content (AvgIpc) is 3.36. The van der Waals surface area contributed by atoms with Crippen LogP contribution in [0.2, 0.25) is 0 Å². The Morgan fingerprint density at radius 2 is 1.67 bits per heavy atom. The number of hydrogen-bond acceptors (Lipinski definition) is 12. The molecule has 0 spiro atoms. The zero-order valence-corrected chi connectivity index (χ0v) is 28.6. The molecule has 0 radical (unpaired) electrons. The molecule has 15 heteroatoms. The topological polar surface area (TPSA) is 150 Å². The minimum absolute atomic E-state index is 0.151. The number of nitrogens with two attached hydrogens (primary N) is 1. The van der Waals surface area contributed by atoms with E-state index in [2.05, 4.69) is 21.9 Å². The molecule has 2 aromatic rings. The summed E-state index contributed by atoms with van der Waals surface area (Å²) in [6.07, 6.45) is 13.7. The van der Waals surface area contributed by atoms with Crippen LogP contribution < -0.4 is 5.73 Å². The van der Waals surface area contributed by atoms with Gasteiger partial charge in [-0.25, -0.2) is 19.7 Å². The lowest BCUT2D eigenvalue weighted by Gasteiger charge is -2.21. The lowest BCUT2D eigenvalue weighted by atomic mass is 10.1. The Labute approximate surface area is 263 Å². The summed E-state index contributed by atoms with van der Waals surface area (Å²) in [5, 5.41) is 0. The molecule has 2 N–H and O–H groups in total. The number of aromatic nitrogens is 4. The summed E-state index contributed by atoms with van der Waals surface area (Å²) in [5.41, 5.74) is 6.93. The molecule has 0 bridgehead atoms. The van der Waals surface area contributed by atoms with Crippen molar-refractivity contribution < 1.29 is 32.6 Å². The van der Waals surface area contributed by atoms with Gasteiger partial charge < -0.3 is 29.0 Å². The van der Waals surface area contributed by atoms with Crippen molar-refractivity contribution in [2.75, 3.05) is 37.0 Å². The standard InChI is InChI=1S/C28H50N5O7PS2/c1-5-6-7-8-9-10-11-12-13-14-16-43(42)17-15-38-41(35,39-21-36-28(34)40-23(2)3)22-37-24(4)18-33-20-32-25-26(29)30-19-31-27(25)33/h19-20,23-24H,5-18,21-22H2,1-4H3,(H2,29,30,31)/t24-,41+,43?/m1/s1. The van der Waals surface area contributed by atoms with Crippen LogP contribution in [0.5, 0.6) is 0 Å². The van der Waals surface area contributed by atoms with Crippen LogP contribution in [-0.4, -0.2) is 69.1 Å². The van der Waals surface area contributed by atoms with Gasteiger partial charge in [0, 0.05) is 5.75 Å². The van der Waals surface area contributed by atoms with E-state index in [1.165, 1.54) is 64.1 Å². The number of fused-ring (bicyclic) bond motifs is 1. The second-order valence-corrected chi connectivity index (χ2v) is 15.8. The van der Waals surface area contributed by atoms with E-state index in [4.69, 9.17) is 40.2 Å². The summed E-state index contributed by atoms with van der Waals surface area (Å²) in [4.78, 5) is 24.2. The normalized spacial score (nSPS) is 14.5. The highest BCUT2D eigenvalue weighted by atomic mass is 32.8. The second-order valence-electron chi connectivity index (χ2n) is 10.7. The molecule has 0 aliphatic carbocycles. The van der Waals surface area contributed by atoms with Crippen molar-refractivity contribution >= 4 is 51.4 Å². The van der Waals surface area contributed by atoms with Gasteiger partial charge in [0.15, 0.2) is 11.5 Å². The Balaban J connectivity index is 1.78. The van der Waals surface area contributed by atoms with Crippen molar-refractivity contribution in [1.82, 2.24) is 19.5 Å². The molecule has 0 aliphatic heterocycles. The Kier molecular flexibility index (Phi) is 18.4. The zero-order chi connectivity index (χ0) is 31.5. The highest BCUT2D eigenvalue weighted by Crippen LogP contribution is 2.48. The molecule has 0 aliphatic rings. The fourth-order valence-corrected chi connectivity index (χ4v) is 7.12. The Hall–Kier alpha value is -1.70. The molecule has 246 valence electrons. The molecule has 3 atom stereocenters. The predicted octanol–water partition coefficient (Wildman–Crippen LogP) is 6.52. The number of carbonyl (C=O) groups excluding carboxylic acids is 1. The average molecular weight is 664 g/mol. The molecular weight excluding hydrogens is 613 g/mol. The number of ether oxygens (including phenoxy) is 3. The Morgan fingerprint density at radius 3 is 2.35 bits per heavy atom. The summed E-state index contributed by atoms with van der Waals surface area (Å²) >= 11 is 5.64. The predicted molar refractivity (Wildman–Crippen MR) is 174 cm³/mol. The molecule has 0 fully saturated rings. The first kappa shape index (κ1) is 37.5. The smallest absolute Gasteiger partial charge is 0.432 e. The Morgan fingerprint density at radius 1 is 1.00 bits per heavy atom. The van der Waals surface area contributed by atoms with E-state index in [1.807, 2.05) is 6.92 Å². The van der Waals surface area contributed by atoms with Gasteiger partial charge in [-0.15, -0.1) is 9.45 Å². The van der Waals surface area contributed by atoms with Gasteiger partial charge in [0.05, 0.1) is 31.7 Å². The Bertz CT molecular complexity index is 1150. The van der Waals surface area contributed by atoms with Crippen molar-refractivity contribution in [3.8, 4) is 0 Å². The highest BCUT2D eigenvalue weighted by Gasteiger charge is 2.28. The van der Waals surface area contributed by atoms with Crippen LogP contribution >= 0.6 is 7.60 Å². The summed E-state index contributed by atoms with van der Waals surface area (Å²) < 4.78 is 42.0. The maximum absolute atomic E-state index is 13.5. The fraction of sp³-hybridized carbons (Fsp3) is 0.786. The number of anilines is 1. The van der Waals surface area contributed by atoms with Crippen molar-refractivity contribution in [2.24, 2.45) is 0 Å². The molecule has 2 rings (SSSR count). The van der Waals surface area contributed by atoms with Crippen molar-refractivity contribution in [3.63, 3.8) is 0 Å². The SMILES string of the molecule is CCCCCCCCCCCCS(=S)CCO[P@@](=O)(CO[C@H](C)Cn1cnc2c(N)ncnc21)OCOC(=O)OC(C)C. The summed E-state index contributed by atoms with van der Waals surface area (Å²) in [5.74, 6) is 1.80. The third-order valence-electron chi connectivity index (χ3n) is 6.48. The lowest BCUT2D eigenvalue weighted by Crippen LogP contribution is -2.20. The first-order valence-electron chi connectivity index (χ1n) is 15.2. The summed E-state index contributed by atoms with van der Waals surface area (Å²) in [6, 6.07) is 0. The van der Waals surface area contributed by atoms with Gasteiger partial charge in [-0.05, 0) is 32.9 Å². The van der Waals surface area contributed by atoms with Gasteiger partial charge in [0.2, 0.25) is 6.79 Å². The van der Waals surface area contributed by atoms with Crippen LogP contribution in [0.15, 0.2) is 12.7 Å². The van der Waals surface area contributed by atoms with Crippen molar-refractivity contribution in [1.29, 1.82) is 0 Å².